The summed E-state index contributed by atoms with van der Waals surface area (Å²) in [5.41, 5.74) is 2.75. The lowest BCUT2D eigenvalue weighted by Gasteiger charge is -2.57. The first-order valence-corrected chi connectivity index (χ1v) is 6.23. The molecular weight excluding hydrogens is 214 g/mol. The number of benzene rings is 1. The Hall–Kier alpha value is -1.51. The Kier molecular flexibility index (Phi) is 2.35. The smallest absolute Gasteiger partial charge is 0.307 e. The summed E-state index contributed by atoms with van der Waals surface area (Å²) in [6.45, 7) is 2.37. The molecule has 1 N–H and O–H groups in total. The van der Waals surface area contributed by atoms with Crippen molar-refractivity contribution in [3.63, 3.8) is 0 Å². The standard InChI is InChI=1S/C14H17NO2/c16-13(17)8-11-2-4-12(5-3-11)15-9-14(10-15)6-1-7-14/h2-5H,1,6-10H2,(H,16,17). The van der Waals surface area contributed by atoms with E-state index in [0.29, 0.717) is 5.41 Å². The highest BCUT2D eigenvalue weighted by molar-refractivity contribution is 5.70. The summed E-state index contributed by atoms with van der Waals surface area (Å²) < 4.78 is 0. The number of rotatable bonds is 3. The maximum Gasteiger partial charge on any atom is 0.307 e. The van der Waals surface area contributed by atoms with Crippen molar-refractivity contribution in [2.75, 3.05) is 18.0 Å². The number of aliphatic carboxylic acids is 1. The van der Waals surface area contributed by atoms with Crippen LogP contribution in [0.3, 0.4) is 0 Å². The number of nitrogens with zero attached hydrogens (tertiary/aromatic N) is 1. The number of carbonyl (C=O) groups is 1. The van der Waals surface area contributed by atoms with Crippen molar-refractivity contribution < 1.29 is 9.90 Å². The second-order valence-electron chi connectivity index (χ2n) is 5.45. The van der Waals surface area contributed by atoms with Gasteiger partial charge in [-0.15, -0.1) is 0 Å². The van der Waals surface area contributed by atoms with Crippen LogP contribution < -0.4 is 4.90 Å². The molecule has 2 fully saturated rings. The zero-order valence-corrected chi connectivity index (χ0v) is 9.85. The molecule has 0 aromatic heterocycles. The Bertz CT molecular complexity index is 426. The van der Waals surface area contributed by atoms with Crippen LogP contribution in [0.4, 0.5) is 5.69 Å². The van der Waals surface area contributed by atoms with E-state index < -0.39 is 5.97 Å². The van der Waals surface area contributed by atoms with E-state index in [2.05, 4.69) is 4.90 Å². The predicted octanol–water partition coefficient (Wildman–Crippen LogP) is 2.30. The summed E-state index contributed by atoms with van der Waals surface area (Å²) in [5.74, 6) is -0.768. The molecule has 17 heavy (non-hydrogen) atoms. The van der Waals surface area contributed by atoms with Crippen LogP contribution in [0, 0.1) is 5.41 Å². The fraction of sp³-hybridized carbons (Fsp3) is 0.500. The van der Waals surface area contributed by atoms with Crippen molar-refractivity contribution in [1.29, 1.82) is 0 Å². The summed E-state index contributed by atoms with van der Waals surface area (Å²) in [6.07, 6.45) is 4.29. The molecule has 1 aromatic rings. The summed E-state index contributed by atoms with van der Waals surface area (Å²) in [4.78, 5) is 13.0. The minimum absolute atomic E-state index is 0.115. The molecule has 3 heteroatoms. The Morgan fingerprint density at radius 3 is 2.35 bits per heavy atom. The first-order chi connectivity index (χ1) is 8.17. The van der Waals surface area contributed by atoms with Gasteiger partial charge in [-0.25, -0.2) is 0 Å². The Labute approximate surface area is 101 Å². The van der Waals surface area contributed by atoms with Crippen LogP contribution in [-0.2, 0) is 11.2 Å². The van der Waals surface area contributed by atoms with Crippen LogP contribution in [0.25, 0.3) is 0 Å². The van der Waals surface area contributed by atoms with Gasteiger partial charge in [0.15, 0.2) is 0 Å². The minimum atomic E-state index is -0.768. The third kappa shape index (κ3) is 1.90. The van der Waals surface area contributed by atoms with Crippen molar-refractivity contribution in [3.8, 4) is 0 Å². The SMILES string of the molecule is O=C(O)Cc1ccc(N2CC3(CCC3)C2)cc1. The van der Waals surface area contributed by atoms with Gasteiger partial charge < -0.3 is 10.0 Å². The minimum Gasteiger partial charge on any atom is -0.481 e. The van der Waals surface area contributed by atoms with E-state index >= 15 is 0 Å². The van der Waals surface area contributed by atoms with Gasteiger partial charge in [-0.05, 0) is 30.5 Å². The summed E-state index contributed by atoms with van der Waals surface area (Å²) in [5, 5.41) is 8.70. The van der Waals surface area contributed by atoms with Gasteiger partial charge in [-0.1, -0.05) is 18.6 Å². The van der Waals surface area contributed by atoms with E-state index in [1.165, 1.54) is 38.0 Å². The average molecular weight is 231 g/mol. The molecule has 0 bridgehead atoms. The van der Waals surface area contributed by atoms with Gasteiger partial charge in [0.1, 0.15) is 0 Å². The van der Waals surface area contributed by atoms with Crippen LogP contribution in [0.5, 0.6) is 0 Å². The number of hydrogen-bond donors (Lipinski definition) is 1. The second kappa shape index (κ2) is 3.76. The van der Waals surface area contributed by atoms with E-state index in [0.717, 1.165) is 5.56 Å². The molecule has 1 aliphatic carbocycles. The van der Waals surface area contributed by atoms with Gasteiger partial charge in [0.2, 0.25) is 0 Å². The van der Waals surface area contributed by atoms with Gasteiger partial charge in [0, 0.05) is 24.2 Å². The molecule has 1 aromatic carbocycles. The monoisotopic (exact) mass is 231 g/mol. The van der Waals surface area contributed by atoms with Crippen LogP contribution in [0.15, 0.2) is 24.3 Å². The first kappa shape index (κ1) is 10.6. The number of carboxylic acid groups (broad SMARTS) is 1. The predicted molar refractivity (Wildman–Crippen MR) is 66.3 cm³/mol. The zero-order chi connectivity index (χ0) is 11.9. The summed E-state index contributed by atoms with van der Waals surface area (Å²) in [7, 11) is 0. The molecule has 1 spiro atoms. The Morgan fingerprint density at radius 1 is 1.24 bits per heavy atom. The highest BCUT2D eigenvalue weighted by atomic mass is 16.4. The zero-order valence-electron chi connectivity index (χ0n) is 9.85. The quantitative estimate of drug-likeness (QED) is 0.867. The number of anilines is 1. The lowest BCUT2D eigenvalue weighted by molar-refractivity contribution is -0.136. The highest BCUT2D eigenvalue weighted by Crippen LogP contribution is 2.49. The molecule has 2 aliphatic rings. The van der Waals surface area contributed by atoms with Gasteiger partial charge in [0.25, 0.3) is 0 Å². The van der Waals surface area contributed by atoms with Crippen LogP contribution in [0.2, 0.25) is 0 Å². The molecule has 1 heterocycles. The molecule has 1 aliphatic heterocycles. The largest absolute Gasteiger partial charge is 0.481 e. The third-order valence-electron chi connectivity index (χ3n) is 4.12. The van der Waals surface area contributed by atoms with Crippen molar-refractivity contribution in [3.05, 3.63) is 29.8 Å². The fourth-order valence-electron chi connectivity index (χ4n) is 2.94. The lowest BCUT2D eigenvalue weighted by Crippen LogP contribution is -2.59. The molecule has 0 atom stereocenters. The number of carboxylic acids is 1. The van der Waals surface area contributed by atoms with Crippen LogP contribution in [-0.4, -0.2) is 24.2 Å². The average Bonchev–Trinajstić information content (AvgIpc) is 2.15. The maximum absolute atomic E-state index is 10.6. The van der Waals surface area contributed by atoms with Crippen LogP contribution in [0.1, 0.15) is 24.8 Å². The van der Waals surface area contributed by atoms with E-state index in [4.69, 9.17) is 5.11 Å². The third-order valence-corrected chi connectivity index (χ3v) is 4.12. The topological polar surface area (TPSA) is 40.5 Å². The van der Waals surface area contributed by atoms with Gasteiger partial charge in [0.05, 0.1) is 6.42 Å². The van der Waals surface area contributed by atoms with E-state index in [1.807, 2.05) is 24.3 Å². The molecule has 1 saturated carbocycles. The highest BCUT2D eigenvalue weighted by Gasteiger charge is 2.47. The van der Waals surface area contributed by atoms with Crippen molar-refractivity contribution in [1.82, 2.24) is 0 Å². The normalized spacial score (nSPS) is 20.8. The van der Waals surface area contributed by atoms with Crippen molar-refractivity contribution in [2.45, 2.75) is 25.7 Å². The molecule has 90 valence electrons. The van der Waals surface area contributed by atoms with E-state index in [-0.39, 0.29) is 6.42 Å². The first-order valence-electron chi connectivity index (χ1n) is 6.23. The van der Waals surface area contributed by atoms with Gasteiger partial charge in [-0.3, -0.25) is 4.79 Å². The molecule has 3 nitrogen and oxygen atoms in total. The second-order valence-corrected chi connectivity index (χ2v) is 5.45. The maximum atomic E-state index is 10.6. The van der Waals surface area contributed by atoms with Crippen molar-refractivity contribution in [2.24, 2.45) is 5.41 Å². The molecule has 0 unspecified atom stereocenters. The van der Waals surface area contributed by atoms with E-state index in [1.54, 1.807) is 0 Å². The lowest BCUT2D eigenvalue weighted by atomic mass is 9.63. The van der Waals surface area contributed by atoms with E-state index in [9.17, 15) is 4.79 Å². The molecular formula is C14H17NO2. The molecule has 1 saturated heterocycles. The Balaban J connectivity index is 1.63. The van der Waals surface area contributed by atoms with Gasteiger partial charge >= 0.3 is 5.97 Å². The molecule has 0 amide bonds. The molecule has 0 radical (unpaired) electrons. The van der Waals surface area contributed by atoms with Crippen LogP contribution >= 0.6 is 0 Å². The Morgan fingerprint density at radius 2 is 1.88 bits per heavy atom. The summed E-state index contributed by atoms with van der Waals surface area (Å²) >= 11 is 0. The number of hydrogen-bond acceptors (Lipinski definition) is 2. The molecule has 3 rings (SSSR count). The summed E-state index contributed by atoms with van der Waals surface area (Å²) in [6, 6.07) is 7.94. The van der Waals surface area contributed by atoms with Gasteiger partial charge in [-0.2, -0.15) is 0 Å². The van der Waals surface area contributed by atoms with Crippen molar-refractivity contribution >= 4 is 11.7 Å². The fourth-order valence-corrected chi connectivity index (χ4v) is 2.94.